The van der Waals surface area contributed by atoms with Gasteiger partial charge in [0.2, 0.25) is 10.0 Å². The van der Waals surface area contributed by atoms with Gasteiger partial charge < -0.3 is 4.74 Å². The molecule has 1 N–H and O–H groups in total. The van der Waals surface area contributed by atoms with Crippen LogP contribution < -0.4 is 4.72 Å². The van der Waals surface area contributed by atoms with Crippen LogP contribution in [0.15, 0.2) is 23.2 Å². The van der Waals surface area contributed by atoms with Gasteiger partial charge in [0, 0.05) is 19.3 Å². The minimum absolute atomic E-state index is 0.124. The molecule has 0 radical (unpaired) electrons. The summed E-state index contributed by atoms with van der Waals surface area (Å²) in [5.74, 6) is 0. The fourth-order valence-electron chi connectivity index (χ4n) is 1.83. The molecule has 18 heavy (non-hydrogen) atoms. The first kappa shape index (κ1) is 13.7. The second-order valence-electron chi connectivity index (χ2n) is 4.14. The van der Waals surface area contributed by atoms with Crippen molar-refractivity contribution in [2.75, 3.05) is 13.2 Å². The summed E-state index contributed by atoms with van der Waals surface area (Å²) >= 11 is 5.61. The summed E-state index contributed by atoms with van der Waals surface area (Å²) in [5, 5.41) is 0.272. The predicted octanol–water partition coefficient (Wildman–Crippen LogP) is 1.58. The van der Waals surface area contributed by atoms with Gasteiger partial charge in [-0.3, -0.25) is 0 Å². The monoisotopic (exact) mass is 290 g/mol. The highest BCUT2D eigenvalue weighted by Crippen LogP contribution is 2.15. The van der Waals surface area contributed by atoms with Crippen LogP contribution >= 0.6 is 11.6 Å². The van der Waals surface area contributed by atoms with Crippen LogP contribution in [0.4, 0.5) is 0 Å². The first-order valence-corrected chi connectivity index (χ1v) is 7.67. The summed E-state index contributed by atoms with van der Waals surface area (Å²) in [4.78, 5) is 3.88. The van der Waals surface area contributed by atoms with Crippen molar-refractivity contribution in [2.24, 2.45) is 0 Å². The molecule has 1 aromatic heterocycles. The summed E-state index contributed by atoms with van der Waals surface area (Å²) in [6.07, 6.45) is 4.18. The molecule has 7 heteroatoms. The summed E-state index contributed by atoms with van der Waals surface area (Å²) in [5.41, 5.74) is 0. The molecule has 1 fully saturated rings. The van der Waals surface area contributed by atoms with E-state index < -0.39 is 10.0 Å². The lowest BCUT2D eigenvalue weighted by Crippen LogP contribution is -2.27. The van der Waals surface area contributed by atoms with E-state index in [1.54, 1.807) is 0 Å². The van der Waals surface area contributed by atoms with E-state index in [-0.39, 0.29) is 16.2 Å². The summed E-state index contributed by atoms with van der Waals surface area (Å²) in [7, 11) is -3.50. The highest BCUT2D eigenvalue weighted by Gasteiger charge is 2.18. The number of rotatable bonds is 5. The molecular weight excluding hydrogens is 276 g/mol. The van der Waals surface area contributed by atoms with Gasteiger partial charge in [-0.05, 0) is 31.4 Å². The molecule has 1 aliphatic heterocycles. The number of sulfonamides is 1. The van der Waals surface area contributed by atoms with Gasteiger partial charge in [-0.1, -0.05) is 11.6 Å². The second kappa shape index (κ2) is 5.97. The van der Waals surface area contributed by atoms with E-state index in [0.29, 0.717) is 13.0 Å². The van der Waals surface area contributed by atoms with E-state index in [9.17, 15) is 8.42 Å². The van der Waals surface area contributed by atoms with Crippen molar-refractivity contribution in [3.63, 3.8) is 0 Å². The molecule has 0 bridgehead atoms. The number of pyridine rings is 1. The van der Waals surface area contributed by atoms with E-state index >= 15 is 0 Å². The molecule has 5 nitrogen and oxygen atoms in total. The number of hydrogen-bond acceptors (Lipinski definition) is 4. The fourth-order valence-corrected chi connectivity index (χ4v) is 2.93. The van der Waals surface area contributed by atoms with Crippen LogP contribution in [0.5, 0.6) is 0 Å². The van der Waals surface area contributed by atoms with Crippen molar-refractivity contribution in [3.05, 3.63) is 23.5 Å². The number of halogens is 1. The average Bonchev–Trinajstić information content (AvgIpc) is 2.82. The summed E-state index contributed by atoms with van der Waals surface area (Å²) in [6.45, 7) is 1.15. The third-order valence-electron chi connectivity index (χ3n) is 2.79. The van der Waals surface area contributed by atoms with Crippen molar-refractivity contribution in [1.29, 1.82) is 0 Å². The molecule has 1 unspecified atom stereocenters. The predicted molar refractivity (Wildman–Crippen MR) is 68.0 cm³/mol. The van der Waals surface area contributed by atoms with Crippen LogP contribution in [0.1, 0.15) is 19.3 Å². The Hall–Kier alpha value is -0.690. The van der Waals surface area contributed by atoms with Crippen molar-refractivity contribution < 1.29 is 13.2 Å². The van der Waals surface area contributed by atoms with Gasteiger partial charge in [-0.2, -0.15) is 0 Å². The standard InChI is InChI=1S/C11H15ClN2O3S/c12-11-4-3-10(8-13-11)18(15,16)14-6-5-9-2-1-7-17-9/h3-4,8-9,14H,1-2,5-7H2. The molecule has 1 aliphatic rings. The van der Waals surface area contributed by atoms with Gasteiger partial charge in [0.1, 0.15) is 10.0 Å². The van der Waals surface area contributed by atoms with Gasteiger partial charge in [-0.15, -0.1) is 0 Å². The van der Waals surface area contributed by atoms with Gasteiger partial charge in [0.15, 0.2) is 0 Å². The molecule has 0 aliphatic carbocycles. The molecule has 0 spiro atoms. The minimum atomic E-state index is -3.50. The van der Waals surface area contributed by atoms with Crippen LogP contribution in [-0.2, 0) is 14.8 Å². The van der Waals surface area contributed by atoms with Crippen molar-refractivity contribution in [2.45, 2.75) is 30.3 Å². The number of nitrogens with one attached hydrogen (secondary N) is 1. The van der Waals surface area contributed by atoms with Crippen molar-refractivity contribution in [3.8, 4) is 0 Å². The lowest BCUT2D eigenvalue weighted by atomic mass is 10.2. The Labute approximate surface area is 112 Å². The lowest BCUT2D eigenvalue weighted by Gasteiger charge is -2.10. The number of hydrogen-bond donors (Lipinski definition) is 1. The maximum atomic E-state index is 11.9. The van der Waals surface area contributed by atoms with E-state index in [1.807, 2.05) is 0 Å². The van der Waals surface area contributed by atoms with E-state index in [2.05, 4.69) is 9.71 Å². The Kier molecular flexibility index (Phi) is 4.55. The molecule has 100 valence electrons. The number of ether oxygens (including phenoxy) is 1. The van der Waals surface area contributed by atoms with Crippen molar-refractivity contribution in [1.82, 2.24) is 9.71 Å². The SMILES string of the molecule is O=S(=O)(NCCC1CCCO1)c1ccc(Cl)nc1. The van der Waals surface area contributed by atoms with Gasteiger partial charge in [-0.25, -0.2) is 18.1 Å². The Morgan fingerprint density at radius 1 is 1.50 bits per heavy atom. The van der Waals surface area contributed by atoms with Crippen LogP contribution in [0, 0.1) is 0 Å². The molecule has 1 saturated heterocycles. The topological polar surface area (TPSA) is 68.3 Å². The third kappa shape index (κ3) is 3.65. The zero-order valence-corrected chi connectivity index (χ0v) is 11.4. The third-order valence-corrected chi connectivity index (χ3v) is 4.46. The zero-order chi connectivity index (χ0) is 13.0. The Morgan fingerprint density at radius 2 is 2.33 bits per heavy atom. The zero-order valence-electron chi connectivity index (χ0n) is 9.80. The maximum absolute atomic E-state index is 11.9. The molecule has 2 heterocycles. The maximum Gasteiger partial charge on any atom is 0.242 e. The van der Waals surface area contributed by atoms with Gasteiger partial charge >= 0.3 is 0 Å². The van der Waals surface area contributed by atoms with Crippen LogP contribution in [-0.4, -0.2) is 32.7 Å². The van der Waals surface area contributed by atoms with Crippen LogP contribution in [0.2, 0.25) is 5.15 Å². The Bertz CT molecular complexity index is 484. The Balaban J connectivity index is 1.88. The number of aromatic nitrogens is 1. The second-order valence-corrected chi connectivity index (χ2v) is 6.29. The Morgan fingerprint density at radius 3 is 2.94 bits per heavy atom. The van der Waals surface area contributed by atoms with Gasteiger partial charge in [0.05, 0.1) is 6.10 Å². The van der Waals surface area contributed by atoms with E-state index in [0.717, 1.165) is 19.4 Å². The molecule has 1 aromatic rings. The molecule has 0 amide bonds. The smallest absolute Gasteiger partial charge is 0.242 e. The largest absolute Gasteiger partial charge is 0.378 e. The number of nitrogens with zero attached hydrogens (tertiary/aromatic N) is 1. The first-order chi connectivity index (χ1) is 8.58. The molecular formula is C11H15ClN2O3S. The van der Waals surface area contributed by atoms with Crippen LogP contribution in [0.3, 0.4) is 0 Å². The first-order valence-electron chi connectivity index (χ1n) is 5.81. The van der Waals surface area contributed by atoms with Crippen LogP contribution in [0.25, 0.3) is 0 Å². The quantitative estimate of drug-likeness (QED) is 0.836. The minimum Gasteiger partial charge on any atom is -0.378 e. The summed E-state index contributed by atoms with van der Waals surface area (Å²) < 4.78 is 31.7. The normalized spacial score (nSPS) is 20.2. The molecule has 2 rings (SSSR count). The van der Waals surface area contributed by atoms with Gasteiger partial charge in [0.25, 0.3) is 0 Å². The highest BCUT2D eigenvalue weighted by atomic mass is 35.5. The average molecular weight is 291 g/mol. The fraction of sp³-hybridized carbons (Fsp3) is 0.545. The summed E-state index contributed by atoms with van der Waals surface area (Å²) in [6, 6.07) is 2.89. The molecule has 0 saturated carbocycles. The molecule has 0 aromatic carbocycles. The molecule has 1 atom stereocenters. The van der Waals surface area contributed by atoms with Crippen molar-refractivity contribution >= 4 is 21.6 Å². The highest BCUT2D eigenvalue weighted by molar-refractivity contribution is 7.89. The van der Waals surface area contributed by atoms with E-state index in [1.165, 1.54) is 18.3 Å². The lowest BCUT2D eigenvalue weighted by molar-refractivity contribution is 0.105. The van der Waals surface area contributed by atoms with E-state index in [4.69, 9.17) is 16.3 Å².